The maximum atomic E-state index is 13.2. The summed E-state index contributed by atoms with van der Waals surface area (Å²) < 4.78 is 5.93. The molecule has 3 aromatic heterocycles. The van der Waals surface area contributed by atoms with Crippen LogP contribution >= 0.6 is 11.3 Å². The highest BCUT2D eigenvalue weighted by Crippen LogP contribution is 2.27. The zero-order chi connectivity index (χ0) is 23.8. The predicted octanol–water partition coefficient (Wildman–Crippen LogP) is 3.31. The molecule has 1 unspecified atom stereocenters. The second-order valence-corrected chi connectivity index (χ2v) is 10.2. The molecule has 1 fully saturated rings. The lowest BCUT2D eigenvalue weighted by atomic mass is 10.1. The van der Waals surface area contributed by atoms with Gasteiger partial charge in [0.25, 0.3) is 5.91 Å². The Hall–Kier alpha value is -3.34. The van der Waals surface area contributed by atoms with Gasteiger partial charge in [-0.25, -0.2) is 14.8 Å². The zero-order valence-corrected chi connectivity index (χ0v) is 20.1. The lowest BCUT2D eigenvalue weighted by Crippen LogP contribution is -2.61. The summed E-state index contributed by atoms with van der Waals surface area (Å²) in [5.74, 6) is 0.0973. The molecule has 0 aromatic carbocycles. The van der Waals surface area contributed by atoms with E-state index < -0.39 is 11.7 Å². The average molecular weight is 470 g/mol. The number of pyridine rings is 1. The summed E-state index contributed by atoms with van der Waals surface area (Å²) in [5, 5.41) is 6.81. The number of aromatic nitrogens is 4. The molecule has 0 spiro atoms. The second-order valence-electron chi connectivity index (χ2n) is 8.96. The summed E-state index contributed by atoms with van der Waals surface area (Å²) in [5.41, 5.74) is 1.05. The molecular formula is C22H27N7O3S. The number of alkyl carbamates (subject to hydrolysis) is 1. The minimum Gasteiger partial charge on any atom is -0.444 e. The van der Waals surface area contributed by atoms with Crippen molar-refractivity contribution in [2.24, 2.45) is 0 Å². The molecule has 33 heavy (non-hydrogen) atoms. The van der Waals surface area contributed by atoms with Crippen molar-refractivity contribution in [3.63, 3.8) is 0 Å². The van der Waals surface area contributed by atoms with Gasteiger partial charge < -0.3 is 20.3 Å². The number of likely N-dealkylation sites (tertiary alicyclic amines) is 1. The van der Waals surface area contributed by atoms with Crippen molar-refractivity contribution in [3.8, 4) is 0 Å². The van der Waals surface area contributed by atoms with Crippen molar-refractivity contribution in [1.82, 2.24) is 30.2 Å². The molecule has 0 saturated carbocycles. The van der Waals surface area contributed by atoms with Crippen LogP contribution in [0.25, 0.3) is 10.3 Å². The molecule has 174 valence electrons. The number of fused-ring (bicyclic) bond motifs is 1. The third kappa shape index (κ3) is 5.36. The van der Waals surface area contributed by atoms with Gasteiger partial charge in [-0.05, 0) is 46.8 Å². The molecule has 1 aliphatic heterocycles. The molecule has 0 aliphatic carbocycles. The van der Waals surface area contributed by atoms with Gasteiger partial charge in [-0.15, -0.1) is 11.3 Å². The smallest absolute Gasteiger partial charge is 0.407 e. The fourth-order valence-electron chi connectivity index (χ4n) is 3.40. The molecule has 2 amide bonds. The minimum atomic E-state index is -0.574. The molecule has 0 radical (unpaired) electrons. The van der Waals surface area contributed by atoms with Crippen LogP contribution in [-0.2, 0) is 4.74 Å². The molecule has 2 N–H and O–H groups in total. The number of hydrogen-bond acceptors (Lipinski definition) is 9. The Kier molecular flexibility index (Phi) is 6.15. The SMILES string of the molecule is Cc1nc2nc(NC(C)c3ccccn3)nc(C(=O)N3CC(NC(=O)OC(C)(C)C)C3)c2s1. The van der Waals surface area contributed by atoms with Gasteiger partial charge in [-0.2, -0.15) is 4.98 Å². The highest BCUT2D eigenvalue weighted by atomic mass is 32.1. The van der Waals surface area contributed by atoms with Crippen LogP contribution in [-0.4, -0.2) is 61.6 Å². The van der Waals surface area contributed by atoms with Gasteiger partial charge in [0.15, 0.2) is 11.3 Å². The Bertz CT molecular complexity index is 1170. The first kappa shape index (κ1) is 22.8. The molecule has 1 atom stereocenters. The van der Waals surface area contributed by atoms with E-state index in [9.17, 15) is 9.59 Å². The molecule has 1 saturated heterocycles. The van der Waals surface area contributed by atoms with Gasteiger partial charge in [0.2, 0.25) is 5.95 Å². The van der Waals surface area contributed by atoms with Crippen LogP contribution in [0.2, 0.25) is 0 Å². The number of hydrogen-bond donors (Lipinski definition) is 2. The van der Waals surface area contributed by atoms with Crippen LogP contribution in [0.4, 0.5) is 10.7 Å². The molecule has 4 rings (SSSR count). The van der Waals surface area contributed by atoms with E-state index in [1.165, 1.54) is 11.3 Å². The van der Waals surface area contributed by atoms with E-state index in [0.717, 1.165) is 10.7 Å². The van der Waals surface area contributed by atoms with Gasteiger partial charge in [-0.3, -0.25) is 9.78 Å². The first-order valence-corrected chi connectivity index (χ1v) is 11.5. The monoisotopic (exact) mass is 469 g/mol. The Labute approximate surface area is 195 Å². The highest BCUT2D eigenvalue weighted by molar-refractivity contribution is 7.18. The van der Waals surface area contributed by atoms with Crippen LogP contribution in [0.5, 0.6) is 0 Å². The normalized spacial score (nSPS) is 15.1. The summed E-state index contributed by atoms with van der Waals surface area (Å²) in [4.78, 5) is 44.7. The third-order valence-electron chi connectivity index (χ3n) is 4.93. The average Bonchev–Trinajstić information content (AvgIpc) is 3.08. The molecule has 4 heterocycles. The van der Waals surface area contributed by atoms with Crippen LogP contribution in [0, 0.1) is 6.92 Å². The van der Waals surface area contributed by atoms with Crippen LogP contribution in [0.3, 0.4) is 0 Å². The molecule has 0 bridgehead atoms. The Balaban J connectivity index is 1.49. The van der Waals surface area contributed by atoms with Crippen molar-refractivity contribution < 1.29 is 14.3 Å². The zero-order valence-electron chi connectivity index (χ0n) is 19.2. The van der Waals surface area contributed by atoms with E-state index in [1.807, 2.05) is 32.0 Å². The van der Waals surface area contributed by atoms with E-state index >= 15 is 0 Å². The number of ether oxygens (including phenoxy) is 1. The molecule has 1 aliphatic rings. The number of carbonyl (C=O) groups excluding carboxylic acids is 2. The molecule has 10 nitrogen and oxygen atoms in total. The molecule has 11 heteroatoms. The summed E-state index contributed by atoms with van der Waals surface area (Å²) in [6, 6.07) is 5.36. The van der Waals surface area contributed by atoms with Crippen molar-refractivity contribution >= 4 is 39.6 Å². The maximum Gasteiger partial charge on any atom is 0.407 e. The van der Waals surface area contributed by atoms with Crippen molar-refractivity contribution in [1.29, 1.82) is 0 Å². The largest absolute Gasteiger partial charge is 0.444 e. The Morgan fingerprint density at radius 1 is 1.21 bits per heavy atom. The van der Waals surface area contributed by atoms with Crippen LogP contribution in [0.1, 0.15) is 54.9 Å². The van der Waals surface area contributed by atoms with E-state index in [-0.39, 0.29) is 18.0 Å². The molecular weight excluding hydrogens is 442 g/mol. The third-order valence-corrected chi connectivity index (χ3v) is 5.90. The first-order chi connectivity index (χ1) is 15.6. The van der Waals surface area contributed by atoms with Gasteiger partial charge in [0, 0.05) is 19.3 Å². The van der Waals surface area contributed by atoms with Gasteiger partial charge in [0.05, 0.1) is 22.8 Å². The van der Waals surface area contributed by atoms with Crippen molar-refractivity contribution in [3.05, 3.63) is 40.8 Å². The van der Waals surface area contributed by atoms with Gasteiger partial charge in [0.1, 0.15) is 10.3 Å². The summed E-state index contributed by atoms with van der Waals surface area (Å²) in [6.07, 6.45) is 1.24. The van der Waals surface area contributed by atoms with Crippen LogP contribution < -0.4 is 10.6 Å². The topological polar surface area (TPSA) is 122 Å². The molecule has 3 aromatic rings. The summed E-state index contributed by atoms with van der Waals surface area (Å²) in [7, 11) is 0. The van der Waals surface area contributed by atoms with Gasteiger partial charge >= 0.3 is 6.09 Å². The number of rotatable bonds is 5. The predicted molar refractivity (Wildman–Crippen MR) is 125 cm³/mol. The number of aryl methyl sites for hydroxylation is 1. The second kappa shape index (κ2) is 8.89. The first-order valence-electron chi connectivity index (χ1n) is 10.7. The number of nitrogens with one attached hydrogen (secondary N) is 2. The van der Waals surface area contributed by atoms with E-state index in [0.29, 0.717) is 35.1 Å². The number of amides is 2. The van der Waals surface area contributed by atoms with Gasteiger partial charge in [-0.1, -0.05) is 6.07 Å². The summed E-state index contributed by atoms with van der Waals surface area (Å²) in [6.45, 7) is 10.0. The summed E-state index contributed by atoms with van der Waals surface area (Å²) >= 11 is 1.39. The van der Waals surface area contributed by atoms with Crippen molar-refractivity contribution in [2.75, 3.05) is 18.4 Å². The fourth-order valence-corrected chi connectivity index (χ4v) is 4.24. The highest BCUT2D eigenvalue weighted by Gasteiger charge is 2.35. The Morgan fingerprint density at radius 3 is 2.64 bits per heavy atom. The maximum absolute atomic E-state index is 13.2. The van der Waals surface area contributed by atoms with Crippen LogP contribution in [0.15, 0.2) is 24.4 Å². The Morgan fingerprint density at radius 2 is 1.97 bits per heavy atom. The number of nitrogens with zero attached hydrogens (tertiary/aromatic N) is 5. The number of thiazole rings is 1. The standard InChI is InChI=1S/C22H27N7O3S/c1-12(15-8-6-7-9-23-15)24-20-27-16(17-18(28-20)25-13(2)33-17)19(30)29-10-14(11-29)26-21(31)32-22(3,4)5/h6-9,12,14H,10-11H2,1-5H3,(H,26,31)(H,24,27,28). The van der Waals surface area contributed by atoms with E-state index in [1.54, 1.807) is 31.9 Å². The lowest BCUT2D eigenvalue weighted by Gasteiger charge is -2.39. The number of anilines is 1. The quantitative estimate of drug-likeness (QED) is 0.584. The number of carbonyl (C=O) groups is 2. The van der Waals surface area contributed by atoms with E-state index in [4.69, 9.17) is 4.74 Å². The lowest BCUT2D eigenvalue weighted by molar-refractivity contribution is 0.0358. The fraction of sp³-hybridized carbons (Fsp3) is 0.455. The van der Waals surface area contributed by atoms with E-state index in [2.05, 4.69) is 30.6 Å². The van der Waals surface area contributed by atoms with Crippen molar-refractivity contribution in [2.45, 2.75) is 52.3 Å². The minimum absolute atomic E-state index is 0.155.